The molecule has 0 saturated heterocycles. The van der Waals surface area contributed by atoms with E-state index in [1.54, 1.807) is 30.3 Å². The minimum absolute atomic E-state index is 0.0248. The Morgan fingerprint density at radius 3 is 2.66 bits per heavy atom. The molecule has 0 aliphatic rings. The molecule has 10 nitrogen and oxygen atoms in total. The summed E-state index contributed by atoms with van der Waals surface area (Å²) in [6, 6.07) is 15.7. The van der Waals surface area contributed by atoms with E-state index in [9.17, 15) is 19.7 Å². The van der Waals surface area contributed by atoms with Crippen molar-refractivity contribution >= 4 is 44.7 Å². The molecule has 0 amide bonds. The number of aromatic carboxylic acids is 1. The summed E-state index contributed by atoms with van der Waals surface area (Å²) in [6.07, 6.45) is 3.57. The number of hydrogen-bond acceptors (Lipinski definition) is 7. The van der Waals surface area contributed by atoms with Crippen molar-refractivity contribution in [1.82, 2.24) is 9.66 Å². The van der Waals surface area contributed by atoms with Gasteiger partial charge >= 0.3 is 11.7 Å². The van der Waals surface area contributed by atoms with E-state index < -0.39 is 10.9 Å². The van der Waals surface area contributed by atoms with Gasteiger partial charge in [-0.15, -0.1) is 0 Å². The molecule has 0 aliphatic carbocycles. The third kappa shape index (κ3) is 5.94. The van der Waals surface area contributed by atoms with Crippen LogP contribution >= 0.6 is 15.9 Å². The number of rotatable bonds is 10. The molecular weight excluding hydrogens is 556 g/mol. The summed E-state index contributed by atoms with van der Waals surface area (Å²) in [4.78, 5) is 40.2. The Labute approximate surface area is 225 Å². The molecule has 38 heavy (non-hydrogen) atoms. The van der Waals surface area contributed by atoms with Gasteiger partial charge < -0.3 is 9.84 Å². The summed E-state index contributed by atoms with van der Waals surface area (Å²) in [5.74, 6) is -0.601. The van der Waals surface area contributed by atoms with Crippen LogP contribution in [0.2, 0.25) is 0 Å². The predicted molar refractivity (Wildman–Crippen MR) is 146 cm³/mol. The predicted octanol–water partition coefficient (Wildman–Crippen LogP) is 5.57. The standard InChI is InChI=1S/C27H23BrN4O6/c1-2-3-7-24-30-22-13-12-20(28)14-21(22)26(33)31(24)29-15-19-5-4-6-23(32(36)37)25(19)38-16-17-8-10-18(11-9-17)27(34)35/h4-6,8-15H,2-3,7,16H2,1H3,(H,34,35). The summed E-state index contributed by atoms with van der Waals surface area (Å²) in [5.41, 5.74) is 0.972. The number of nitro benzene ring substituents is 1. The molecule has 0 spiro atoms. The van der Waals surface area contributed by atoms with Crippen molar-refractivity contribution in [1.29, 1.82) is 0 Å². The molecule has 3 aromatic carbocycles. The van der Waals surface area contributed by atoms with Gasteiger partial charge in [0.15, 0.2) is 0 Å². The van der Waals surface area contributed by atoms with Gasteiger partial charge in [-0.1, -0.05) is 47.5 Å². The SMILES string of the molecule is CCCCc1nc2ccc(Br)cc2c(=O)n1N=Cc1cccc([N+](=O)[O-])c1OCc1ccc(C(=O)O)cc1. The van der Waals surface area contributed by atoms with E-state index in [2.05, 4.69) is 26.0 Å². The molecule has 0 unspecified atom stereocenters. The molecule has 4 aromatic rings. The summed E-state index contributed by atoms with van der Waals surface area (Å²) >= 11 is 3.38. The van der Waals surface area contributed by atoms with Crippen molar-refractivity contribution < 1.29 is 19.6 Å². The van der Waals surface area contributed by atoms with Crippen LogP contribution in [0.5, 0.6) is 5.75 Å². The Hall–Kier alpha value is -4.38. The Balaban J connectivity index is 1.73. The van der Waals surface area contributed by atoms with Crippen molar-refractivity contribution in [3.05, 3.63) is 108 Å². The quantitative estimate of drug-likeness (QED) is 0.147. The van der Waals surface area contributed by atoms with Crippen molar-refractivity contribution in [3.63, 3.8) is 0 Å². The highest BCUT2D eigenvalue weighted by molar-refractivity contribution is 9.10. The number of nitro groups is 1. The number of unbranched alkanes of at least 4 members (excludes halogenated alkanes) is 1. The fourth-order valence-electron chi connectivity index (χ4n) is 3.77. The van der Waals surface area contributed by atoms with Crippen molar-refractivity contribution in [2.75, 3.05) is 0 Å². The molecule has 0 radical (unpaired) electrons. The molecule has 194 valence electrons. The molecule has 0 bridgehead atoms. The first-order valence-electron chi connectivity index (χ1n) is 11.8. The van der Waals surface area contributed by atoms with Gasteiger partial charge in [0.1, 0.15) is 12.4 Å². The number of carboxylic acid groups (broad SMARTS) is 1. The summed E-state index contributed by atoms with van der Waals surface area (Å²) in [5, 5.41) is 25.6. The lowest BCUT2D eigenvalue weighted by molar-refractivity contribution is -0.385. The zero-order chi connectivity index (χ0) is 27.2. The molecule has 0 atom stereocenters. The number of ether oxygens (including phenoxy) is 1. The average Bonchev–Trinajstić information content (AvgIpc) is 2.91. The number of para-hydroxylation sites is 1. The topological polar surface area (TPSA) is 137 Å². The highest BCUT2D eigenvalue weighted by Crippen LogP contribution is 2.31. The molecule has 0 aliphatic heterocycles. The van der Waals surface area contributed by atoms with Crippen LogP contribution in [0.1, 0.15) is 47.1 Å². The van der Waals surface area contributed by atoms with E-state index >= 15 is 0 Å². The average molecular weight is 579 g/mol. The molecule has 1 N–H and O–H groups in total. The van der Waals surface area contributed by atoms with Crippen LogP contribution in [0, 0.1) is 10.1 Å². The van der Waals surface area contributed by atoms with E-state index in [1.165, 1.54) is 35.2 Å². The lowest BCUT2D eigenvalue weighted by Crippen LogP contribution is -2.22. The number of aryl methyl sites for hydroxylation is 1. The molecule has 11 heteroatoms. The molecule has 0 saturated carbocycles. The Bertz CT molecular complexity index is 1600. The minimum atomic E-state index is -1.06. The second-order valence-electron chi connectivity index (χ2n) is 8.40. The number of benzene rings is 3. The molecule has 1 heterocycles. The van der Waals surface area contributed by atoms with Gasteiger partial charge in [0.25, 0.3) is 5.56 Å². The maximum Gasteiger partial charge on any atom is 0.335 e. The van der Waals surface area contributed by atoms with Crippen LogP contribution in [0.4, 0.5) is 5.69 Å². The van der Waals surface area contributed by atoms with E-state index in [4.69, 9.17) is 9.84 Å². The maximum atomic E-state index is 13.3. The summed E-state index contributed by atoms with van der Waals surface area (Å²) in [7, 11) is 0. The van der Waals surface area contributed by atoms with Crippen molar-refractivity contribution in [2.24, 2.45) is 5.10 Å². The minimum Gasteiger partial charge on any atom is -0.481 e. The first-order valence-corrected chi connectivity index (χ1v) is 12.6. The zero-order valence-corrected chi connectivity index (χ0v) is 21.9. The first kappa shape index (κ1) is 26.7. The smallest absolute Gasteiger partial charge is 0.335 e. The number of fused-ring (bicyclic) bond motifs is 1. The van der Waals surface area contributed by atoms with E-state index in [-0.39, 0.29) is 29.2 Å². The van der Waals surface area contributed by atoms with E-state index in [0.29, 0.717) is 34.3 Å². The highest BCUT2D eigenvalue weighted by Gasteiger charge is 2.19. The maximum absolute atomic E-state index is 13.3. The van der Waals surface area contributed by atoms with E-state index in [1.807, 2.05) is 13.0 Å². The molecule has 0 fully saturated rings. The summed E-state index contributed by atoms with van der Waals surface area (Å²) in [6.45, 7) is 1.99. The largest absolute Gasteiger partial charge is 0.481 e. The molecular formula is C27H23BrN4O6. The zero-order valence-electron chi connectivity index (χ0n) is 20.3. The van der Waals surface area contributed by atoms with Gasteiger partial charge in [-0.3, -0.25) is 14.9 Å². The van der Waals surface area contributed by atoms with Gasteiger partial charge in [-0.25, -0.2) is 9.78 Å². The normalized spacial score (nSPS) is 11.2. The lowest BCUT2D eigenvalue weighted by Gasteiger charge is -2.11. The van der Waals surface area contributed by atoms with Gasteiger partial charge in [0.05, 0.1) is 27.6 Å². The van der Waals surface area contributed by atoms with Crippen LogP contribution in [-0.4, -0.2) is 31.9 Å². The number of hydrogen-bond donors (Lipinski definition) is 1. The first-order chi connectivity index (χ1) is 18.3. The van der Waals surface area contributed by atoms with Crippen LogP contribution < -0.4 is 10.3 Å². The van der Waals surface area contributed by atoms with Crippen molar-refractivity contribution in [3.8, 4) is 5.75 Å². The van der Waals surface area contributed by atoms with Crippen LogP contribution in [0.25, 0.3) is 10.9 Å². The fourth-order valence-corrected chi connectivity index (χ4v) is 4.14. The third-order valence-corrected chi connectivity index (χ3v) is 6.24. The number of carboxylic acids is 1. The monoisotopic (exact) mass is 578 g/mol. The van der Waals surface area contributed by atoms with E-state index in [0.717, 1.165) is 17.3 Å². The molecule has 1 aromatic heterocycles. The Morgan fingerprint density at radius 2 is 1.97 bits per heavy atom. The fraction of sp³-hybridized carbons (Fsp3) is 0.185. The number of halogens is 1. The van der Waals surface area contributed by atoms with Gasteiger partial charge in [0.2, 0.25) is 5.75 Å². The number of carbonyl (C=O) groups is 1. The summed E-state index contributed by atoms with van der Waals surface area (Å²) < 4.78 is 7.77. The number of aromatic nitrogens is 2. The van der Waals surface area contributed by atoms with Crippen LogP contribution in [0.15, 0.2) is 75.0 Å². The Kier molecular flexibility index (Phi) is 8.27. The van der Waals surface area contributed by atoms with Gasteiger partial charge in [-0.2, -0.15) is 9.78 Å². The second-order valence-corrected chi connectivity index (χ2v) is 9.31. The third-order valence-electron chi connectivity index (χ3n) is 5.75. The second kappa shape index (κ2) is 11.8. The number of nitrogens with zero attached hydrogens (tertiary/aromatic N) is 4. The lowest BCUT2D eigenvalue weighted by atomic mass is 10.1. The van der Waals surface area contributed by atoms with Crippen molar-refractivity contribution in [2.45, 2.75) is 32.8 Å². The highest BCUT2D eigenvalue weighted by atomic mass is 79.9. The van der Waals surface area contributed by atoms with Crippen LogP contribution in [-0.2, 0) is 13.0 Å². The molecule has 4 rings (SSSR count). The van der Waals surface area contributed by atoms with Gasteiger partial charge in [-0.05, 0) is 48.4 Å². The van der Waals surface area contributed by atoms with Gasteiger partial charge in [0, 0.05) is 22.5 Å². The Morgan fingerprint density at radius 1 is 1.21 bits per heavy atom. The van der Waals surface area contributed by atoms with Crippen LogP contribution in [0.3, 0.4) is 0 Å².